The van der Waals surface area contributed by atoms with Crippen molar-refractivity contribution in [3.8, 4) is 11.5 Å². The van der Waals surface area contributed by atoms with Crippen LogP contribution in [0.15, 0.2) is 71.6 Å². The number of nitrogens with zero attached hydrogens (tertiary/aromatic N) is 1. The number of ketones is 2. The summed E-state index contributed by atoms with van der Waals surface area (Å²) in [4.78, 5) is 53.3. The number of aliphatic carboxylic acids is 1. The van der Waals surface area contributed by atoms with Gasteiger partial charge in [-0.05, 0) is 59.4 Å². The molecule has 0 unspecified atom stereocenters. The number of methoxy groups -OCH3 is 1. The maximum absolute atomic E-state index is 14.1. The van der Waals surface area contributed by atoms with Crippen molar-refractivity contribution in [1.29, 1.82) is 0 Å². The number of hydrogen-bond acceptors (Lipinski definition) is 7. The first-order chi connectivity index (χ1) is 22.1. The van der Waals surface area contributed by atoms with Crippen molar-refractivity contribution in [3.05, 3.63) is 93.8 Å². The van der Waals surface area contributed by atoms with Crippen LogP contribution in [0.3, 0.4) is 0 Å². The molecule has 5 rings (SSSR count). The molecule has 2 aromatic carbocycles. The van der Waals surface area contributed by atoms with Crippen molar-refractivity contribution >= 4 is 23.5 Å². The summed E-state index contributed by atoms with van der Waals surface area (Å²) in [5.74, 6) is -1.73. The number of carboxylic acids is 2. The fourth-order valence-corrected chi connectivity index (χ4v) is 7.23. The second kappa shape index (κ2) is 12.9. The first-order valence-electron chi connectivity index (χ1n) is 15.9. The van der Waals surface area contributed by atoms with E-state index in [9.17, 15) is 29.4 Å². The molecule has 0 spiro atoms. The number of carbonyl (C=O) groups excluding carboxylic acids is 2. The van der Waals surface area contributed by atoms with Gasteiger partial charge in [-0.15, -0.1) is 6.58 Å². The molecule has 0 amide bonds. The molecule has 0 aromatic heterocycles. The molecule has 0 fully saturated rings. The average molecular weight is 642 g/mol. The summed E-state index contributed by atoms with van der Waals surface area (Å²) in [6.45, 7) is 12.5. The highest BCUT2D eigenvalue weighted by Crippen LogP contribution is 2.55. The van der Waals surface area contributed by atoms with Gasteiger partial charge >= 0.3 is 11.9 Å². The number of rotatable bonds is 11. The predicted molar refractivity (Wildman–Crippen MR) is 176 cm³/mol. The van der Waals surface area contributed by atoms with Crippen LogP contribution < -0.4 is 9.47 Å². The van der Waals surface area contributed by atoms with Crippen molar-refractivity contribution in [2.45, 2.75) is 78.7 Å². The largest absolute Gasteiger partial charge is 0.493 e. The van der Waals surface area contributed by atoms with Crippen LogP contribution in [0.4, 0.5) is 0 Å². The number of aromatic carboxylic acids is 1. The van der Waals surface area contributed by atoms with Gasteiger partial charge in [-0.25, -0.2) is 4.79 Å². The molecule has 0 atom stereocenters. The van der Waals surface area contributed by atoms with E-state index in [1.54, 1.807) is 18.2 Å². The minimum absolute atomic E-state index is 0.0415. The van der Waals surface area contributed by atoms with Crippen molar-refractivity contribution in [1.82, 2.24) is 4.90 Å². The molecule has 0 saturated carbocycles. The second-order valence-electron chi connectivity index (χ2n) is 14.3. The molecule has 1 heterocycles. The lowest BCUT2D eigenvalue weighted by atomic mass is 9.63. The van der Waals surface area contributed by atoms with Gasteiger partial charge in [0, 0.05) is 53.4 Å². The van der Waals surface area contributed by atoms with E-state index in [1.807, 2.05) is 44.7 Å². The molecule has 47 heavy (non-hydrogen) atoms. The van der Waals surface area contributed by atoms with Gasteiger partial charge in [0.2, 0.25) is 0 Å². The third-order valence-electron chi connectivity index (χ3n) is 9.23. The highest BCUT2D eigenvalue weighted by molar-refractivity contribution is 6.07. The molecule has 3 aliphatic rings. The quantitative estimate of drug-likeness (QED) is 0.253. The zero-order chi connectivity index (χ0) is 34.3. The Bertz CT molecular complexity index is 1660. The lowest BCUT2D eigenvalue weighted by Crippen LogP contribution is -2.45. The number of ether oxygens (including phenoxy) is 2. The van der Waals surface area contributed by atoms with Crippen LogP contribution in [0.5, 0.6) is 11.5 Å². The monoisotopic (exact) mass is 641 g/mol. The zero-order valence-corrected chi connectivity index (χ0v) is 27.8. The summed E-state index contributed by atoms with van der Waals surface area (Å²) in [7, 11) is 1.54. The van der Waals surface area contributed by atoms with Gasteiger partial charge in [-0.1, -0.05) is 52.0 Å². The minimum atomic E-state index is -1.01. The standard InChI is InChI=1S/C38H43NO8/c1-7-8-24-15-25(16-30(46-6)35(24)47-21-22-9-11-23(12-10-22)36(44)45)32-33-26(17-37(2,3)19-28(33)40)39(14-13-31(42)43)27-18-38(4,5)20-29(41)34(27)32/h7,9-12,15-16,32H,1,8,13-14,17-21H2,2-6H3,(H,42,43)(H,44,45). The molecule has 2 N–H and O–H groups in total. The number of hydrogen-bond donors (Lipinski definition) is 2. The van der Waals surface area contributed by atoms with Gasteiger partial charge in [0.1, 0.15) is 6.61 Å². The molecule has 1 aliphatic heterocycles. The number of carboxylic acid groups (broad SMARTS) is 2. The molecule has 0 bridgehead atoms. The fraction of sp³-hybridized carbons (Fsp3) is 0.421. The van der Waals surface area contributed by atoms with Crippen molar-refractivity contribution in [2.24, 2.45) is 10.8 Å². The van der Waals surface area contributed by atoms with Crippen LogP contribution in [-0.2, 0) is 27.4 Å². The summed E-state index contributed by atoms with van der Waals surface area (Å²) >= 11 is 0. The van der Waals surface area contributed by atoms with E-state index < -0.39 is 17.9 Å². The molecule has 2 aromatic rings. The molecule has 9 heteroatoms. The van der Waals surface area contributed by atoms with Crippen LogP contribution >= 0.6 is 0 Å². The molecule has 0 saturated heterocycles. The van der Waals surface area contributed by atoms with Crippen LogP contribution in [0, 0.1) is 10.8 Å². The van der Waals surface area contributed by atoms with E-state index in [1.165, 1.54) is 19.2 Å². The Morgan fingerprint density at radius 3 is 2.00 bits per heavy atom. The van der Waals surface area contributed by atoms with Gasteiger partial charge < -0.3 is 24.6 Å². The molecular weight excluding hydrogens is 598 g/mol. The minimum Gasteiger partial charge on any atom is -0.493 e. The number of allylic oxidation sites excluding steroid dienone is 5. The maximum Gasteiger partial charge on any atom is 0.335 e. The third-order valence-corrected chi connectivity index (χ3v) is 9.23. The summed E-state index contributed by atoms with van der Waals surface area (Å²) < 4.78 is 12.1. The normalized spacial score (nSPS) is 18.9. The van der Waals surface area contributed by atoms with E-state index in [0.29, 0.717) is 54.7 Å². The Morgan fingerprint density at radius 2 is 1.51 bits per heavy atom. The van der Waals surface area contributed by atoms with E-state index >= 15 is 0 Å². The summed E-state index contributed by atoms with van der Waals surface area (Å²) in [6, 6.07) is 10.2. The van der Waals surface area contributed by atoms with Crippen LogP contribution in [-0.4, -0.2) is 52.3 Å². The second-order valence-corrected chi connectivity index (χ2v) is 14.3. The Balaban J connectivity index is 1.66. The number of carbonyl (C=O) groups is 4. The van der Waals surface area contributed by atoms with Gasteiger partial charge in [0.25, 0.3) is 0 Å². The van der Waals surface area contributed by atoms with Crippen LogP contribution in [0.2, 0.25) is 0 Å². The van der Waals surface area contributed by atoms with Crippen molar-refractivity contribution in [2.75, 3.05) is 13.7 Å². The number of benzene rings is 2. The molecule has 9 nitrogen and oxygen atoms in total. The van der Waals surface area contributed by atoms with E-state index in [2.05, 4.69) is 6.58 Å². The van der Waals surface area contributed by atoms with E-state index in [-0.39, 0.29) is 47.5 Å². The Morgan fingerprint density at radius 1 is 0.936 bits per heavy atom. The van der Waals surface area contributed by atoms with E-state index in [0.717, 1.165) is 28.1 Å². The van der Waals surface area contributed by atoms with Gasteiger partial charge in [-0.3, -0.25) is 14.4 Å². The summed E-state index contributed by atoms with van der Waals surface area (Å²) in [5.41, 5.74) is 4.50. The number of Topliss-reactive ketones (excluding diaryl/α,β-unsaturated/α-hetero) is 2. The third kappa shape index (κ3) is 6.89. The highest BCUT2D eigenvalue weighted by atomic mass is 16.5. The predicted octanol–water partition coefficient (Wildman–Crippen LogP) is 6.86. The SMILES string of the molecule is C=CCc1cc(C2C3=C(CC(C)(C)CC3=O)N(CCC(=O)O)C3=C2C(=O)CC(C)(C)C3)cc(OC)c1OCc1ccc(C(=O)O)cc1. The molecule has 0 radical (unpaired) electrons. The van der Waals surface area contributed by atoms with Gasteiger partial charge in [0.15, 0.2) is 23.1 Å². The lowest BCUT2D eigenvalue weighted by molar-refractivity contribution is -0.137. The van der Waals surface area contributed by atoms with Crippen LogP contribution in [0.25, 0.3) is 0 Å². The van der Waals surface area contributed by atoms with Crippen LogP contribution in [0.1, 0.15) is 92.8 Å². The van der Waals surface area contributed by atoms with E-state index in [4.69, 9.17) is 9.47 Å². The first-order valence-corrected chi connectivity index (χ1v) is 15.9. The smallest absolute Gasteiger partial charge is 0.335 e. The van der Waals surface area contributed by atoms with Gasteiger partial charge in [0.05, 0.1) is 19.1 Å². The highest BCUT2D eigenvalue weighted by Gasteiger charge is 2.49. The Labute approximate surface area is 275 Å². The Hall–Kier alpha value is -4.66. The average Bonchev–Trinajstić information content (AvgIpc) is 2.97. The fourth-order valence-electron chi connectivity index (χ4n) is 7.23. The summed E-state index contributed by atoms with van der Waals surface area (Å²) in [5, 5.41) is 18.9. The lowest BCUT2D eigenvalue weighted by Gasteiger charge is -2.49. The maximum atomic E-state index is 14.1. The Kier molecular flexibility index (Phi) is 9.22. The van der Waals surface area contributed by atoms with Crippen molar-refractivity contribution in [3.63, 3.8) is 0 Å². The summed E-state index contributed by atoms with van der Waals surface area (Å²) in [6.07, 6.45) is 3.84. The van der Waals surface area contributed by atoms with Crippen molar-refractivity contribution < 1.29 is 38.9 Å². The topological polar surface area (TPSA) is 130 Å². The van der Waals surface area contributed by atoms with Gasteiger partial charge in [-0.2, -0.15) is 0 Å². The molecule has 248 valence electrons. The molecule has 2 aliphatic carbocycles. The first kappa shape index (κ1) is 33.7. The zero-order valence-electron chi connectivity index (χ0n) is 27.8. The molecular formula is C38H43NO8.